The number of benzene rings is 2. The zero-order valence-corrected chi connectivity index (χ0v) is 17.4. The molecule has 2 aliphatic rings. The lowest BCUT2D eigenvalue weighted by Gasteiger charge is -2.34. The molecule has 1 saturated heterocycles. The summed E-state index contributed by atoms with van der Waals surface area (Å²) in [7, 11) is 0. The number of nitrogens with zero attached hydrogens (tertiary/aromatic N) is 3. The number of fused-ring (bicyclic) bond motifs is 1. The summed E-state index contributed by atoms with van der Waals surface area (Å²) in [5.41, 5.74) is 2.25. The zero-order valence-electron chi connectivity index (χ0n) is 17.4. The molecule has 0 radical (unpaired) electrons. The van der Waals surface area contributed by atoms with Crippen LogP contribution in [0, 0.1) is 11.3 Å². The van der Waals surface area contributed by atoms with E-state index in [9.17, 15) is 9.59 Å². The second-order valence-electron chi connectivity index (χ2n) is 8.70. The van der Waals surface area contributed by atoms with Gasteiger partial charge in [-0.1, -0.05) is 30.3 Å². The van der Waals surface area contributed by atoms with Crippen molar-refractivity contribution in [1.82, 2.24) is 14.5 Å². The SMILES string of the molecule is CC1(c2ccccc2)CN(C2CCC(n3c(=O)[nH]c4cc(C#N)ccc43)CC2)C(=O)O1. The number of ether oxygens (including phenoxy) is 1. The van der Waals surface area contributed by atoms with Gasteiger partial charge in [-0.15, -0.1) is 0 Å². The number of carbonyl (C=O) groups excluding carboxylic acids is 1. The molecule has 2 heterocycles. The van der Waals surface area contributed by atoms with Gasteiger partial charge in [-0.25, -0.2) is 9.59 Å². The van der Waals surface area contributed by atoms with E-state index in [4.69, 9.17) is 10.00 Å². The predicted octanol–water partition coefficient (Wildman–Crippen LogP) is 4.05. The number of carbonyl (C=O) groups is 1. The van der Waals surface area contributed by atoms with Crippen molar-refractivity contribution in [2.75, 3.05) is 6.54 Å². The van der Waals surface area contributed by atoms with E-state index in [0.29, 0.717) is 17.6 Å². The Morgan fingerprint density at radius 3 is 2.48 bits per heavy atom. The van der Waals surface area contributed by atoms with E-state index in [0.717, 1.165) is 36.8 Å². The number of H-pyrrole nitrogens is 1. The molecule has 1 atom stereocenters. The number of aromatic nitrogens is 2. The average molecular weight is 416 g/mol. The summed E-state index contributed by atoms with van der Waals surface area (Å²) in [6.07, 6.45) is 3.00. The first-order valence-corrected chi connectivity index (χ1v) is 10.7. The van der Waals surface area contributed by atoms with E-state index in [-0.39, 0.29) is 23.9 Å². The number of nitrogens with one attached hydrogen (secondary N) is 1. The average Bonchev–Trinajstić information content (AvgIpc) is 3.29. The van der Waals surface area contributed by atoms with Crippen molar-refractivity contribution >= 4 is 17.1 Å². The van der Waals surface area contributed by atoms with Crippen LogP contribution in [0.3, 0.4) is 0 Å². The highest BCUT2D eigenvalue weighted by molar-refractivity contribution is 5.77. The van der Waals surface area contributed by atoms with Crippen molar-refractivity contribution in [1.29, 1.82) is 5.26 Å². The molecule has 1 unspecified atom stereocenters. The summed E-state index contributed by atoms with van der Waals surface area (Å²) in [6.45, 7) is 2.50. The van der Waals surface area contributed by atoms with E-state index in [1.165, 1.54) is 0 Å². The first kappa shape index (κ1) is 19.4. The molecule has 2 aromatic carbocycles. The van der Waals surface area contributed by atoms with Crippen molar-refractivity contribution in [3.8, 4) is 6.07 Å². The van der Waals surface area contributed by atoms with Crippen LogP contribution in [0.2, 0.25) is 0 Å². The molecule has 3 aromatic rings. The Bertz CT molecular complexity index is 1230. The standard InChI is InChI=1S/C24H24N4O3/c1-24(17-5-3-2-4-6-17)15-27(23(30)31-24)18-8-10-19(11-9-18)28-21-12-7-16(14-25)13-20(21)26-22(28)29/h2-7,12-13,18-19H,8-11,15H2,1H3,(H,26,29). The highest BCUT2D eigenvalue weighted by Crippen LogP contribution is 2.38. The number of hydrogen-bond acceptors (Lipinski definition) is 4. The van der Waals surface area contributed by atoms with Gasteiger partial charge in [0.2, 0.25) is 0 Å². The Labute approximate surface area is 179 Å². The first-order chi connectivity index (χ1) is 15.0. The van der Waals surface area contributed by atoms with Crippen LogP contribution in [0.15, 0.2) is 53.3 Å². The lowest BCUT2D eigenvalue weighted by molar-refractivity contribution is 0.0696. The molecule has 1 N–H and O–H groups in total. The Kier molecular flexibility index (Phi) is 4.58. The summed E-state index contributed by atoms with van der Waals surface area (Å²) in [5, 5.41) is 9.09. The molecular weight excluding hydrogens is 392 g/mol. The van der Waals surface area contributed by atoms with E-state index in [1.807, 2.05) is 52.8 Å². The minimum Gasteiger partial charge on any atom is -0.436 e. The van der Waals surface area contributed by atoms with Gasteiger partial charge in [0, 0.05) is 12.1 Å². The van der Waals surface area contributed by atoms with Gasteiger partial charge in [-0.3, -0.25) is 4.57 Å². The van der Waals surface area contributed by atoms with Crippen LogP contribution in [0.5, 0.6) is 0 Å². The maximum absolute atomic E-state index is 12.7. The Hall–Kier alpha value is -3.53. The van der Waals surface area contributed by atoms with Crippen molar-refractivity contribution in [2.24, 2.45) is 0 Å². The van der Waals surface area contributed by atoms with Gasteiger partial charge in [0.15, 0.2) is 5.60 Å². The van der Waals surface area contributed by atoms with Crippen LogP contribution in [0.1, 0.15) is 49.8 Å². The zero-order chi connectivity index (χ0) is 21.6. The molecule has 0 bridgehead atoms. The highest BCUT2D eigenvalue weighted by Gasteiger charge is 2.46. The van der Waals surface area contributed by atoms with Crippen LogP contribution < -0.4 is 5.69 Å². The third-order valence-corrected chi connectivity index (χ3v) is 6.72. The number of amides is 1. The third kappa shape index (κ3) is 3.28. The fraction of sp³-hybridized carbons (Fsp3) is 0.375. The predicted molar refractivity (Wildman–Crippen MR) is 116 cm³/mol. The van der Waals surface area contributed by atoms with Crippen molar-refractivity contribution in [2.45, 2.75) is 50.3 Å². The number of nitriles is 1. The van der Waals surface area contributed by atoms with E-state index >= 15 is 0 Å². The number of aromatic amines is 1. The Morgan fingerprint density at radius 1 is 1.06 bits per heavy atom. The number of cyclic esters (lactones) is 1. The minimum absolute atomic E-state index is 0.0737. The van der Waals surface area contributed by atoms with Crippen molar-refractivity contribution < 1.29 is 9.53 Å². The molecule has 0 spiro atoms. The molecule has 7 heteroatoms. The number of imidazole rings is 1. The quantitative estimate of drug-likeness (QED) is 0.697. The fourth-order valence-corrected chi connectivity index (χ4v) is 5.08. The molecule has 1 amide bonds. The smallest absolute Gasteiger partial charge is 0.411 e. The van der Waals surface area contributed by atoms with Gasteiger partial charge < -0.3 is 14.6 Å². The molecule has 7 nitrogen and oxygen atoms in total. The second-order valence-corrected chi connectivity index (χ2v) is 8.70. The van der Waals surface area contributed by atoms with Gasteiger partial charge in [0.05, 0.1) is 29.2 Å². The maximum Gasteiger partial charge on any atom is 0.411 e. The van der Waals surface area contributed by atoms with Crippen molar-refractivity contribution in [3.63, 3.8) is 0 Å². The molecule has 158 valence electrons. The summed E-state index contributed by atoms with van der Waals surface area (Å²) in [6, 6.07) is 17.4. The molecular formula is C24H24N4O3. The van der Waals surface area contributed by atoms with Gasteiger partial charge in [-0.2, -0.15) is 5.26 Å². The lowest BCUT2D eigenvalue weighted by Crippen LogP contribution is -2.41. The normalized spacial score (nSPS) is 26.1. The molecule has 1 aliphatic heterocycles. The Balaban J connectivity index is 1.32. The Morgan fingerprint density at radius 2 is 1.77 bits per heavy atom. The minimum atomic E-state index is -0.637. The largest absolute Gasteiger partial charge is 0.436 e. The van der Waals surface area contributed by atoms with Crippen LogP contribution in [-0.4, -0.2) is 33.1 Å². The van der Waals surface area contributed by atoms with E-state index < -0.39 is 5.60 Å². The van der Waals surface area contributed by atoms with Crippen LogP contribution >= 0.6 is 0 Å². The molecule has 5 rings (SSSR count). The summed E-state index contributed by atoms with van der Waals surface area (Å²) < 4.78 is 7.61. The molecule has 31 heavy (non-hydrogen) atoms. The van der Waals surface area contributed by atoms with E-state index in [1.54, 1.807) is 12.1 Å². The molecule has 1 aliphatic carbocycles. The number of hydrogen-bond donors (Lipinski definition) is 1. The van der Waals surface area contributed by atoms with Gasteiger partial charge >= 0.3 is 11.8 Å². The van der Waals surface area contributed by atoms with Gasteiger partial charge in [0.25, 0.3) is 0 Å². The molecule has 1 saturated carbocycles. The summed E-state index contributed by atoms with van der Waals surface area (Å²) in [5.74, 6) is 0. The molecule has 1 aromatic heterocycles. The maximum atomic E-state index is 12.7. The monoisotopic (exact) mass is 416 g/mol. The lowest BCUT2D eigenvalue weighted by atomic mass is 9.89. The topological polar surface area (TPSA) is 91.1 Å². The summed E-state index contributed by atoms with van der Waals surface area (Å²) >= 11 is 0. The second kappa shape index (κ2) is 7.31. The van der Waals surface area contributed by atoms with Gasteiger partial charge in [0.1, 0.15) is 0 Å². The van der Waals surface area contributed by atoms with Crippen molar-refractivity contribution in [3.05, 3.63) is 70.1 Å². The molecule has 2 fully saturated rings. The fourth-order valence-electron chi connectivity index (χ4n) is 5.08. The number of rotatable bonds is 3. The first-order valence-electron chi connectivity index (χ1n) is 10.7. The van der Waals surface area contributed by atoms with Crippen LogP contribution in [0.4, 0.5) is 4.79 Å². The van der Waals surface area contributed by atoms with Crippen LogP contribution in [-0.2, 0) is 10.3 Å². The summed E-state index contributed by atoms with van der Waals surface area (Å²) in [4.78, 5) is 30.0. The van der Waals surface area contributed by atoms with Gasteiger partial charge in [-0.05, 0) is 56.4 Å². The third-order valence-electron chi connectivity index (χ3n) is 6.72. The highest BCUT2D eigenvalue weighted by atomic mass is 16.6. The van der Waals surface area contributed by atoms with E-state index in [2.05, 4.69) is 11.1 Å². The van der Waals surface area contributed by atoms with Crippen LogP contribution in [0.25, 0.3) is 11.0 Å².